The van der Waals surface area contributed by atoms with Crippen LogP contribution >= 0.6 is 11.8 Å². The van der Waals surface area contributed by atoms with Gasteiger partial charge in [0, 0.05) is 18.0 Å². The molecule has 0 aliphatic rings. The fourth-order valence-electron chi connectivity index (χ4n) is 2.02. The van der Waals surface area contributed by atoms with Crippen LogP contribution in [-0.2, 0) is 6.54 Å². The van der Waals surface area contributed by atoms with E-state index in [0.717, 1.165) is 29.7 Å². The third-order valence-corrected chi connectivity index (χ3v) is 4.05. The summed E-state index contributed by atoms with van der Waals surface area (Å²) in [5.41, 5.74) is 2.22. The van der Waals surface area contributed by atoms with Crippen LogP contribution in [-0.4, -0.2) is 37.5 Å². The van der Waals surface area contributed by atoms with Crippen LogP contribution in [0.4, 0.5) is 0 Å². The molecule has 0 amide bonds. The number of benzene rings is 1. The van der Waals surface area contributed by atoms with E-state index in [4.69, 9.17) is 0 Å². The van der Waals surface area contributed by atoms with Crippen molar-refractivity contribution >= 4 is 11.8 Å². The van der Waals surface area contributed by atoms with Gasteiger partial charge >= 0.3 is 0 Å². The minimum absolute atomic E-state index is 0.820. The maximum Gasteiger partial charge on any atom is 0.214 e. The van der Waals surface area contributed by atoms with E-state index in [1.54, 1.807) is 22.6 Å². The normalized spacial score (nSPS) is 10.7. The van der Waals surface area contributed by atoms with Gasteiger partial charge < -0.3 is 5.32 Å². The summed E-state index contributed by atoms with van der Waals surface area (Å²) in [5.74, 6) is 0.952. The van der Waals surface area contributed by atoms with Crippen LogP contribution in [0.2, 0.25) is 0 Å². The van der Waals surface area contributed by atoms with Gasteiger partial charge in [0.1, 0.15) is 6.54 Å². The van der Waals surface area contributed by atoms with E-state index in [1.807, 2.05) is 42.6 Å². The molecule has 3 rings (SSSR count). The quantitative estimate of drug-likeness (QED) is 0.518. The average molecular weight is 313 g/mol. The van der Waals surface area contributed by atoms with Crippen LogP contribution in [0.3, 0.4) is 0 Å². The van der Waals surface area contributed by atoms with Crippen molar-refractivity contribution in [2.45, 2.75) is 11.7 Å². The summed E-state index contributed by atoms with van der Waals surface area (Å²) in [6.45, 7) is 1.94. The van der Waals surface area contributed by atoms with Gasteiger partial charge in [-0.05, 0) is 28.6 Å². The Morgan fingerprint density at radius 3 is 2.82 bits per heavy atom. The zero-order valence-corrected chi connectivity index (χ0v) is 12.9. The lowest BCUT2D eigenvalue weighted by Crippen LogP contribution is -2.83. The van der Waals surface area contributed by atoms with E-state index >= 15 is 0 Å². The molecule has 2 N–H and O–H groups in total. The van der Waals surface area contributed by atoms with Crippen LogP contribution in [0.15, 0.2) is 60.0 Å². The molecule has 1 aromatic carbocycles. The summed E-state index contributed by atoms with van der Waals surface area (Å²) in [6, 6.07) is 14.0. The Morgan fingerprint density at radius 1 is 1.09 bits per heavy atom. The first-order chi connectivity index (χ1) is 10.9. The third kappa shape index (κ3) is 3.90. The van der Waals surface area contributed by atoms with Crippen molar-refractivity contribution in [3.8, 4) is 5.69 Å². The van der Waals surface area contributed by atoms with Gasteiger partial charge in [-0.3, -0.25) is 4.98 Å². The predicted molar refractivity (Wildman–Crippen MR) is 84.6 cm³/mol. The number of rotatable bonds is 7. The SMILES string of the molecule is c1ccc(-n2nnnc2SCC[NH2+]Cc2cccnc2)cc1. The van der Waals surface area contributed by atoms with Crippen molar-refractivity contribution in [2.24, 2.45) is 0 Å². The molecule has 0 fully saturated rings. The van der Waals surface area contributed by atoms with Crippen LogP contribution in [0, 0.1) is 0 Å². The molecule has 0 aliphatic heterocycles. The molecule has 0 unspecified atom stereocenters. The van der Waals surface area contributed by atoms with Crippen molar-refractivity contribution in [2.75, 3.05) is 12.3 Å². The van der Waals surface area contributed by atoms with E-state index in [9.17, 15) is 0 Å². The molecular weight excluding hydrogens is 296 g/mol. The molecule has 2 heterocycles. The van der Waals surface area contributed by atoms with Crippen LogP contribution in [0.25, 0.3) is 5.69 Å². The van der Waals surface area contributed by atoms with E-state index in [1.165, 1.54) is 5.56 Å². The molecule has 0 saturated carbocycles. The predicted octanol–water partition coefficient (Wildman–Crippen LogP) is 0.913. The Labute approximate surface area is 133 Å². The Balaban J connectivity index is 1.48. The van der Waals surface area contributed by atoms with Gasteiger partial charge in [-0.25, -0.2) is 0 Å². The first-order valence-electron chi connectivity index (χ1n) is 7.10. The Hall–Kier alpha value is -2.25. The largest absolute Gasteiger partial charge is 0.342 e. The lowest BCUT2D eigenvalue weighted by atomic mass is 10.3. The zero-order valence-electron chi connectivity index (χ0n) is 12.0. The molecular formula is C15H17N6S+. The van der Waals surface area contributed by atoms with Gasteiger partial charge in [0.25, 0.3) is 0 Å². The highest BCUT2D eigenvalue weighted by atomic mass is 32.2. The van der Waals surface area contributed by atoms with Crippen molar-refractivity contribution in [3.63, 3.8) is 0 Å². The van der Waals surface area contributed by atoms with E-state index in [2.05, 4.69) is 31.9 Å². The summed E-state index contributed by atoms with van der Waals surface area (Å²) in [7, 11) is 0. The molecule has 7 heteroatoms. The number of thioether (sulfide) groups is 1. The van der Waals surface area contributed by atoms with E-state index in [0.29, 0.717) is 0 Å². The van der Waals surface area contributed by atoms with E-state index < -0.39 is 0 Å². The number of aromatic nitrogens is 5. The summed E-state index contributed by atoms with van der Waals surface area (Å²) < 4.78 is 1.77. The summed E-state index contributed by atoms with van der Waals surface area (Å²) in [6.07, 6.45) is 3.70. The first-order valence-corrected chi connectivity index (χ1v) is 8.09. The fourth-order valence-corrected chi connectivity index (χ4v) is 2.85. The van der Waals surface area contributed by atoms with Crippen molar-refractivity contribution < 1.29 is 5.32 Å². The molecule has 6 nitrogen and oxygen atoms in total. The summed E-state index contributed by atoms with van der Waals surface area (Å²) >= 11 is 1.66. The summed E-state index contributed by atoms with van der Waals surface area (Å²) in [4.78, 5) is 4.11. The highest BCUT2D eigenvalue weighted by molar-refractivity contribution is 7.99. The number of pyridine rings is 1. The number of tetrazole rings is 1. The van der Waals surface area contributed by atoms with Crippen molar-refractivity contribution in [1.29, 1.82) is 0 Å². The monoisotopic (exact) mass is 313 g/mol. The molecule has 3 aromatic rings. The molecule has 22 heavy (non-hydrogen) atoms. The van der Waals surface area contributed by atoms with Crippen LogP contribution in [0.1, 0.15) is 5.56 Å². The smallest absolute Gasteiger partial charge is 0.214 e. The van der Waals surface area contributed by atoms with E-state index in [-0.39, 0.29) is 0 Å². The highest BCUT2D eigenvalue weighted by Crippen LogP contribution is 2.16. The van der Waals surface area contributed by atoms with Gasteiger partial charge in [-0.1, -0.05) is 36.0 Å². The molecule has 0 atom stereocenters. The van der Waals surface area contributed by atoms with Crippen molar-refractivity contribution in [1.82, 2.24) is 25.2 Å². The minimum Gasteiger partial charge on any atom is -0.342 e. The molecule has 0 bridgehead atoms. The van der Waals surface area contributed by atoms with Crippen LogP contribution in [0.5, 0.6) is 0 Å². The molecule has 112 valence electrons. The van der Waals surface area contributed by atoms with Gasteiger partial charge in [-0.2, -0.15) is 4.68 Å². The second-order valence-corrected chi connectivity index (χ2v) is 5.76. The lowest BCUT2D eigenvalue weighted by molar-refractivity contribution is -0.666. The molecule has 0 spiro atoms. The minimum atomic E-state index is 0.820. The standard InChI is InChI=1S/C15H16N6S/c1-2-6-14(7-3-1)21-15(18-19-20-21)22-10-9-17-12-13-5-4-8-16-11-13/h1-8,11,17H,9-10,12H2/p+1. The number of nitrogens with zero attached hydrogens (tertiary/aromatic N) is 5. The Kier molecular flexibility index (Phi) is 5.12. The molecule has 0 aliphatic carbocycles. The Morgan fingerprint density at radius 2 is 2.00 bits per heavy atom. The van der Waals surface area contributed by atoms with Gasteiger partial charge in [0.05, 0.1) is 18.0 Å². The summed E-state index contributed by atoms with van der Waals surface area (Å²) in [5, 5.41) is 15.0. The first kappa shape index (κ1) is 14.7. The third-order valence-electron chi connectivity index (χ3n) is 3.10. The zero-order chi connectivity index (χ0) is 15.0. The fraction of sp³-hybridized carbons (Fsp3) is 0.200. The van der Waals surface area contributed by atoms with Crippen molar-refractivity contribution in [3.05, 3.63) is 60.4 Å². The average Bonchev–Trinajstić information content (AvgIpc) is 3.05. The Bertz CT molecular complexity index is 686. The molecule has 0 saturated heterocycles. The maximum atomic E-state index is 4.11. The molecule has 0 radical (unpaired) electrons. The number of hydrogen-bond acceptors (Lipinski definition) is 5. The van der Waals surface area contributed by atoms with Crippen LogP contribution < -0.4 is 5.32 Å². The number of para-hydroxylation sites is 1. The number of nitrogens with two attached hydrogens (primary N) is 1. The number of hydrogen-bond donors (Lipinski definition) is 1. The second-order valence-electron chi connectivity index (χ2n) is 4.70. The lowest BCUT2D eigenvalue weighted by Gasteiger charge is -2.04. The van der Waals surface area contributed by atoms with Gasteiger partial charge in [0.2, 0.25) is 5.16 Å². The second kappa shape index (κ2) is 7.67. The maximum absolute atomic E-state index is 4.11. The van der Waals surface area contributed by atoms with Gasteiger partial charge in [-0.15, -0.1) is 5.10 Å². The highest BCUT2D eigenvalue weighted by Gasteiger charge is 2.08. The molecule has 2 aromatic heterocycles. The van der Waals surface area contributed by atoms with Gasteiger partial charge in [0.15, 0.2) is 0 Å². The topological polar surface area (TPSA) is 73.1 Å². The number of quaternary nitrogens is 1.